The van der Waals surface area contributed by atoms with Gasteiger partial charge in [-0.2, -0.15) is 0 Å². The summed E-state index contributed by atoms with van der Waals surface area (Å²) in [6.07, 6.45) is 1.26. The van der Waals surface area contributed by atoms with Gasteiger partial charge >= 0.3 is 0 Å². The standard InChI is InChI=1S/C14H21NO3/c1-3-10-4-5-11(18-10)6-15-7-14(16-2)12-8-17-9-13(12)15/h4-5,12-14H,3,6-9H2,1-2H3/t12-,13+,14+/m1/s1. The third kappa shape index (κ3) is 2.09. The zero-order chi connectivity index (χ0) is 12.5. The van der Waals surface area contributed by atoms with Crippen molar-refractivity contribution in [3.8, 4) is 0 Å². The molecule has 0 amide bonds. The van der Waals surface area contributed by atoms with Gasteiger partial charge in [0.15, 0.2) is 0 Å². The number of hydrogen-bond donors (Lipinski definition) is 0. The van der Waals surface area contributed by atoms with Crippen LogP contribution < -0.4 is 0 Å². The lowest BCUT2D eigenvalue weighted by atomic mass is 10.0. The van der Waals surface area contributed by atoms with Gasteiger partial charge in [0.2, 0.25) is 0 Å². The van der Waals surface area contributed by atoms with Crippen LogP contribution >= 0.6 is 0 Å². The lowest BCUT2D eigenvalue weighted by molar-refractivity contribution is 0.0525. The van der Waals surface area contributed by atoms with Gasteiger partial charge in [-0.3, -0.25) is 4.90 Å². The van der Waals surface area contributed by atoms with E-state index in [1.807, 2.05) is 0 Å². The molecule has 2 aliphatic rings. The van der Waals surface area contributed by atoms with E-state index in [1.165, 1.54) is 0 Å². The molecule has 3 heterocycles. The SMILES string of the molecule is CCc1ccc(CN2C[C@H](OC)[C@@H]3COC[C@@H]32)o1. The Balaban J connectivity index is 1.69. The number of methoxy groups -OCH3 is 1. The zero-order valence-corrected chi connectivity index (χ0v) is 11.1. The van der Waals surface area contributed by atoms with Crippen molar-refractivity contribution < 1.29 is 13.9 Å². The molecule has 0 aromatic carbocycles. The highest BCUT2D eigenvalue weighted by molar-refractivity contribution is 5.08. The molecule has 2 saturated heterocycles. The second-order valence-corrected chi connectivity index (χ2v) is 5.19. The third-order valence-corrected chi connectivity index (χ3v) is 4.18. The van der Waals surface area contributed by atoms with Crippen molar-refractivity contribution in [3.63, 3.8) is 0 Å². The number of ether oxygens (including phenoxy) is 2. The molecule has 0 saturated carbocycles. The zero-order valence-electron chi connectivity index (χ0n) is 11.1. The van der Waals surface area contributed by atoms with Crippen molar-refractivity contribution in [2.24, 2.45) is 5.92 Å². The summed E-state index contributed by atoms with van der Waals surface area (Å²) in [6, 6.07) is 4.65. The van der Waals surface area contributed by atoms with Crippen LogP contribution in [0.4, 0.5) is 0 Å². The van der Waals surface area contributed by atoms with Crippen molar-refractivity contribution >= 4 is 0 Å². The molecule has 18 heavy (non-hydrogen) atoms. The molecule has 2 aliphatic heterocycles. The van der Waals surface area contributed by atoms with E-state index in [-0.39, 0.29) is 0 Å². The topological polar surface area (TPSA) is 34.8 Å². The maximum atomic E-state index is 5.79. The summed E-state index contributed by atoms with van der Waals surface area (Å²) >= 11 is 0. The first kappa shape index (κ1) is 12.2. The van der Waals surface area contributed by atoms with E-state index in [0.717, 1.165) is 44.2 Å². The summed E-state index contributed by atoms with van der Waals surface area (Å²) < 4.78 is 16.9. The van der Waals surface area contributed by atoms with E-state index < -0.39 is 0 Å². The number of nitrogens with zero attached hydrogens (tertiary/aromatic N) is 1. The normalized spacial score (nSPS) is 32.0. The van der Waals surface area contributed by atoms with E-state index in [4.69, 9.17) is 13.9 Å². The number of rotatable bonds is 4. The minimum Gasteiger partial charge on any atom is -0.465 e. The number of likely N-dealkylation sites (tertiary alicyclic amines) is 1. The van der Waals surface area contributed by atoms with Gasteiger partial charge in [-0.15, -0.1) is 0 Å². The Morgan fingerprint density at radius 3 is 2.89 bits per heavy atom. The van der Waals surface area contributed by atoms with Crippen molar-refractivity contribution in [3.05, 3.63) is 23.7 Å². The van der Waals surface area contributed by atoms with E-state index in [0.29, 0.717) is 18.1 Å². The molecule has 3 atom stereocenters. The highest BCUT2D eigenvalue weighted by Crippen LogP contribution is 2.33. The van der Waals surface area contributed by atoms with Crippen LogP contribution in [-0.2, 0) is 22.4 Å². The van der Waals surface area contributed by atoms with Gasteiger partial charge in [-0.05, 0) is 12.1 Å². The van der Waals surface area contributed by atoms with Gasteiger partial charge in [0.25, 0.3) is 0 Å². The Hall–Kier alpha value is -0.840. The molecule has 1 aromatic rings. The summed E-state index contributed by atoms with van der Waals surface area (Å²) in [6.45, 7) is 5.62. The van der Waals surface area contributed by atoms with Crippen LogP contribution in [0, 0.1) is 5.92 Å². The minimum atomic E-state index is 0.304. The van der Waals surface area contributed by atoms with E-state index in [2.05, 4.69) is 24.0 Å². The monoisotopic (exact) mass is 251 g/mol. The molecule has 0 aliphatic carbocycles. The molecule has 0 bridgehead atoms. The van der Waals surface area contributed by atoms with Crippen molar-refractivity contribution in [2.45, 2.75) is 32.0 Å². The minimum absolute atomic E-state index is 0.304. The molecule has 4 heteroatoms. The van der Waals surface area contributed by atoms with Crippen LogP contribution in [0.2, 0.25) is 0 Å². The van der Waals surface area contributed by atoms with Gasteiger partial charge in [-0.1, -0.05) is 6.92 Å². The molecule has 0 unspecified atom stereocenters. The lowest BCUT2D eigenvalue weighted by Gasteiger charge is -2.20. The molecule has 0 radical (unpaired) electrons. The smallest absolute Gasteiger partial charge is 0.118 e. The second-order valence-electron chi connectivity index (χ2n) is 5.19. The number of hydrogen-bond acceptors (Lipinski definition) is 4. The molecule has 0 spiro atoms. The Morgan fingerprint density at radius 2 is 2.17 bits per heavy atom. The summed E-state index contributed by atoms with van der Waals surface area (Å²) in [5.74, 6) is 2.64. The Labute approximate surface area is 108 Å². The number of furan rings is 1. The Morgan fingerprint density at radius 1 is 1.33 bits per heavy atom. The highest BCUT2D eigenvalue weighted by Gasteiger charge is 2.45. The first-order valence-corrected chi connectivity index (χ1v) is 6.74. The van der Waals surface area contributed by atoms with Crippen LogP contribution in [0.5, 0.6) is 0 Å². The summed E-state index contributed by atoms with van der Waals surface area (Å²) in [4.78, 5) is 2.43. The molecular weight excluding hydrogens is 230 g/mol. The quantitative estimate of drug-likeness (QED) is 0.815. The van der Waals surface area contributed by atoms with Crippen LogP contribution in [0.3, 0.4) is 0 Å². The van der Waals surface area contributed by atoms with Gasteiger partial charge < -0.3 is 13.9 Å². The summed E-state index contributed by atoms with van der Waals surface area (Å²) in [7, 11) is 1.80. The van der Waals surface area contributed by atoms with Crippen LogP contribution in [0.15, 0.2) is 16.5 Å². The van der Waals surface area contributed by atoms with Gasteiger partial charge in [-0.25, -0.2) is 0 Å². The number of fused-ring (bicyclic) bond motifs is 1. The predicted molar refractivity (Wildman–Crippen MR) is 67.4 cm³/mol. The van der Waals surface area contributed by atoms with Crippen molar-refractivity contribution in [1.82, 2.24) is 4.90 Å². The second kappa shape index (κ2) is 5.03. The largest absolute Gasteiger partial charge is 0.465 e. The highest BCUT2D eigenvalue weighted by atomic mass is 16.5. The molecule has 1 aromatic heterocycles. The van der Waals surface area contributed by atoms with Crippen LogP contribution in [-0.4, -0.2) is 43.9 Å². The van der Waals surface area contributed by atoms with E-state index in [1.54, 1.807) is 7.11 Å². The van der Waals surface area contributed by atoms with E-state index in [9.17, 15) is 0 Å². The number of aryl methyl sites for hydroxylation is 1. The van der Waals surface area contributed by atoms with E-state index >= 15 is 0 Å². The molecule has 3 rings (SSSR count). The lowest BCUT2D eigenvalue weighted by Crippen LogP contribution is -2.32. The molecule has 4 nitrogen and oxygen atoms in total. The average Bonchev–Trinajstić information content (AvgIpc) is 3.06. The Kier molecular flexibility index (Phi) is 3.41. The fourth-order valence-corrected chi connectivity index (χ4v) is 3.12. The fraction of sp³-hybridized carbons (Fsp3) is 0.714. The maximum absolute atomic E-state index is 5.79. The molecular formula is C14H21NO3. The van der Waals surface area contributed by atoms with Crippen molar-refractivity contribution in [2.75, 3.05) is 26.9 Å². The van der Waals surface area contributed by atoms with Crippen LogP contribution in [0.1, 0.15) is 18.4 Å². The van der Waals surface area contributed by atoms with Gasteiger partial charge in [0.1, 0.15) is 11.5 Å². The average molecular weight is 251 g/mol. The first-order chi connectivity index (χ1) is 8.81. The molecule has 0 N–H and O–H groups in total. The Bertz CT molecular complexity index is 403. The first-order valence-electron chi connectivity index (χ1n) is 6.74. The summed E-state index contributed by atoms with van der Waals surface area (Å²) in [5.41, 5.74) is 0. The molecule has 2 fully saturated rings. The molecule has 100 valence electrons. The summed E-state index contributed by atoms with van der Waals surface area (Å²) in [5, 5.41) is 0. The predicted octanol–water partition coefficient (Wildman–Crippen LogP) is 1.69. The fourth-order valence-electron chi connectivity index (χ4n) is 3.12. The van der Waals surface area contributed by atoms with Gasteiger partial charge in [0.05, 0.1) is 25.9 Å². The van der Waals surface area contributed by atoms with Crippen molar-refractivity contribution in [1.29, 1.82) is 0 Å². The maximum Gasteiger partial charge on any atom is 0.118 e. The third-order valence-electron chi connectivity index (χ3n) is 4.18. The van der Waals surface area contributed by atoms with Gasteiger partial charge in [0, 0.05) is 32.0 Å². The van der Waals surface area contributed by atoms with Crippen LogP contribution in [0.25, 0.3) is 0 Å².